The average molecular weight is 378 g/mol. The molecule has 1 atom stereocenters. The summed E-state index contributed by atoms with van der Waals surface area (Å²) in [6.45, 7) is 3.80. The van der Waals surface area contributed by atoms with Crippen LogP contribution in [0.5, 0.6) is 0 Å². The van der Waals surface area contributed by atoms with Crippen LogP contribution < -0.4 is 10.5 Å². The molecule has 4 rings (SSSR count). The monoisotopic (exact) mass is 378 g/mol. The highest BCUT2D eigenvalue weighted by molar-refractivity contribution is 6.64. The Hall–Kier alpha value is -2.41. The first-order valence-electron chi connectivity index (χ1n) is 9.95. The molecule has 1 aromatic heterocycles. The van der Waals surface area contributed by atoms with Gasteiger partial charge in [-0.2, -0.15) is 0 Å². The summed E-state index contributed by atoms with van der Waals surface area (Å²) in [7, 11) is 1.35. The SMILES string of the molecule is Cc1noc(C)c1-c1ccc(NC(=O)[C@@H](N[B]C=O)C(C2CC2)C2CC2)cc1. The van der Waals surface area contributed by atoms with Crippen molar-refractivity contribution in [3.63, 3.8) is 0 Å². The number of amides is 1. The molecule has 2 saturated carbocycles. The van der Waals surface area contributed by atoms with Gasteiger partial charge in [-0.1, -0.05) is 17.3 Å². The molecule has 6 nitrogen and oxygen atoms in total. The van der Waals surface area contributed by atoms with Gasteiger partial charge in [-0.05, 0) is 75.0 Å². The van der Waals surface area contributed by atoms with Crippen LogP contribution in [-0.4, -0.2) is 30.7 Å². The Morgan fingerprint density at radius 3 is 2.32 bits per heavy atom. The third-order valence-electron chi connectivity index (χ3n) is 5.82. The van der Waals surface area contributed by atoms with Gasteiger partial charge in [0.05, 0.1) is 17.9 Å². The van der Waals surface area contributed by atoms with Crippen molar-refractivity contribution in [2.45, 2.75) is 45.6 Å². The highest BCUT2D eigenvalue weighted by atomic mass is 16.5. The topological polar surface area (TPSA) is 84.2 Å². The maximum absolute atomic E-state index is 13.0. The highest BCUT2D eigenvalue weighted by Crippen LogP contribution is 2.50. The zero-order valence-electron chi connectivity index (χ0n) is 16.3. The molecule has 2 aliphatic rings. The van der Waals surface area contributed by atoms with E-state index in [0.717, 1.165) is 28.3 Å². The van der Waals surface area contributed by atoms with Gasteiger partial charge in [0.25, 0.3) is 7.41 Å². The van der Waals surface area contributed by atoms with E-state index in [1.807, 2.05) is 38.1 Å². The Morgan fingerprint density at radius 2 is 1.82 bits per heavy atom. The van der Waals surface area contributed by atoms with Gasteiger partial charge in [0, 0.05) is 11.3 Å². The summed E-state index contributed by atoms with van der Waals surface area (Å²) >= 11 is 0. The molecule has 0 saturated heterocycles. The smallest absolute Gasteiger partial charge is 0.291 e. The maximum atomic E-state index is 13.0. The van der Waals surface area contributed by atoms with E-state index in [2.05, 4.69) is 15.7 Å². The third kappa shape index (κ3) is 4.04. The lowest BCUT2D eigenvalue weighted by Gasteiger charge is -2.27. The van der Waals surface area contributed by atoms with Crippen molar-refractivity contribution in [1.82, 2.24) is 10.4 Å². The molecule has 0 unspecified atom stereocenters. The number of aromatic nitrogens is 1. The van der Waals surface area contributed by atoms with Gasteiger partial charge in [-0.3, -0.25) is 4.79 Å². The molecule has 1 radical (unpaired) electrons. The molecule has 2 fully saturated rings. The number of benzene rings is 1. The van der Waals surface area contributed by atoms with Crippen LogP contribution in [0.1, 0.15) is 37.1 Å². The number of nitrogens with zero attached hydrogens (tertiary/aromatic N) is 1. The normalized spacial score (nSPS) is 17.4. The predicted molar refractivity (Wildman–Crippen MR) is 108 cm³/mol. The Balaban J connectivity index is 1.48. The van der Waals surface area contributed by atoms with Gasteiger partial charge in [0.15, 0.2) is 0 Å². The maximum Gasteiger partial charge on any atom is 0.291 e. The summed E-state index contributed by atoms with van der Waals surface area (Å²) in [4.78, 5) is 23.8. The van der Waals surface area contributed by atoms with Gasteiger partial charge >= 0.3 is 0 Å². The van der Waals surface area contributed by atoms with Crippen LogP contribution in [0.4, 0.5) is 5.69 Å². The van der Waals surface area contributed by atoms with Crippen LogP contribution in [0.25, 0.3) is 11.1 Å². The van der Waals surface area contributed by atoms with Crippen molar-refractivity contribution >= 4 is 25.2 Å². The zero-order chi connectivity index (χ0) is 19.7. The first-order chi connectivity index (χ1) is 13.6. The minimum atomic E-state index is -0.368. The van der Waals surface area contributed by atoms with Crippen molar-refractivity contribution in [1.29, 1.82) is 0 Å². The average Bonchev–Trinajstić information content (AvgIpc) is 3.60. The van der Waals surface area contributed by atoms with Crippen molar-refractivity contribution < 1.29 is 14.1 Å². The third-order valence-corrected chi connectivity index (χ3v) is 5.82. The molecule has 0 aliphatic heterocycles. The van der Waals surface area contributed by atoms with Crippen LogP contribution in [-0.2, 0) is 9.59 Å². The number of aryl methyl sites for hydroxylation is 2. The zero-order valence-corrected chi connectivity index (χ0v) is 16.3. The summed E-state index contributed by atoms with van der Waals surface area (Å²) in [5.74, 6) is 2.19. The Labute approximate surface area is 165 Å². The predicted octanol–water partition coefficient (Wildman–Crippen LogP) is 3.10. The number of carbonyl (C=O) groups is 2. The summed E-state index contributed by atoms with van der Waals surface area (Å²) in [6, 6.07) is 7.33. The first-order valence-corrected chi connectivity index (χ1v) is 9.95. The van der Waals surface area contributed by atoms with Gasteiger partial charge in [0.2, 0.25) is 5.91 Å². The van der Waals surface area contributed by atoms with Gasteiger partial charge in [-0.15, -0.1) is 0 Å². The number of carbonyl (C=O) groups excluding carboxylic acids is 2. The molecule has 28 heavy (non-hydrogen) atoms. The second kappa shape index (κ2) is 7.91. The van der Waals surface area contributed by atoms with Crippen LogP contribution in [0.3, 0.4) is 0 Å². The van der Waals surface area contributed by atoms with E-state index >= 15 is 0 Å². The number of rotatable bonds is 9. The lowest BCUT2D eigenvalue weighted by Crippen LogP contribution is -2.49. The fraction of sp³-hybridized carbons (Fsp3) is 0.476. The molecule has 7 heteroatoms. The number of anilines is 1. The van der Waals surface area contributed by atoms with Crippen molar-refractivity contribution in [2.75, 3.05) is 5.32 Å². The van der Waals surface area contributed by atoms with Gasteiger partial charge < -0.3 is 19.9 Å². The molecule has 1 amide bonds. The summed E-state index contributed by atoms with van der Waals surface area (Å²) in [5, 5.41) is 10.1. The minimum absolute atomic E-state index is 0.0769. The second-order valence-electron chi connectivity index (χ2n) is 7.97. The summed E-state index contributed by atoms with van der Waals surface area (Å²) in [5.41, 5.74) is 3.58. The second-order valence-corrected chi connectivity index (χ2v) is 7.97. The standard InChI is InChI=1S/C21H25BN3O3/c1-12-18(13(2)28-25-12)14-7-9-17(10-8-14)23-21(27)20(24-22-11-26)19(15-3-4-15)16-5-6-16/h7-11,15-16,19-20,24H,3-6H2,1-2H3,(H,23,27)/t20-/m0/s1. The molecule has 2 N–H and O–H groups in total. The van der Waals surface area contributed by atoms with E-state index in [1.54, 1.807) is 0 Å². The molecule has 2 aromatic rings. The van der Waals surface area contributed by atoms with E-state index in [-0.39, 0.29) is 11.9 Å². The Morgan fingerprint density at radius 1 is 1.18 bits per heavy atom. The number of hydrogen-bond acceptors (Lipinski definition) is 5. The van der Waals surface area contributed by atoms with E-state index in [4.69, 9.17) is 4.52 Å². The summed E-state index contributed by atoms with van der Waals surface area (Å²) in [6.07, 6.45) is 5.43. The quantitative estimate of drug-likeness (QED) is 0.518. The lowest BCUT2D eigenvalue weighted by atomic mass is 9.84. The Bertz CT molecular complexity index is 825. The number of nitrogens with one attached hydrogen (secondary N) is 2. The first kappa shape index (κ1) is 18.9. The fourth-order valence-electron chi connectivity index (χ4n) is 4.23. The molecule has 145 valence electrons. The van der Waals surface area contributed by atoms with Gasteiger partial charge in [0.1, 0.15) is 5.76 Å². The molecular formula is C21H25BN3O3. The van der Waals surface area contributed by atoms with Crippen molar-refractivity contribution in [3.05, 3.63) is 35.7 Å². The molecule has 1 aromatic carbocycles. The van der Waals surface area contributed by atoms with E-state index < -0.39 is 0 Å². The molecule has 0 spiro atoms. The van der Waals surface area contributed by atoms with E-state index in [0.29, 0.717) is 23.9 Å². The van der Waals surface area contributed by atoms with Crippen LogP contribution in [0.2, 0.25) is 0 Å². The van der Waals surface area contributed by atoms with E-state index in [9.17, 15) is 9.59 Å². The van der Waals surface area contributed by atoms with Crippen molar-refractivity contribution in [3.8, 4) is 11.1 Å². The molecular weight excluding hydrogens is 353 g/mol. The van der Waals surface area contributed by atoms with Crippen LogP contribution in [0.15, 0.2) is 28.8 Å². The minimum Gasteiger partial charge on any atom is -0.361 e. The van der Waals surface area contributed by atoms with E-state index in [1.165, 1.54) is 33.1 Å². The fourth-order valence-corrected chi connectivity index (χ4v) is 4.23. The summed E-state index contributed by atoms with van der Waals surface area (Å²) < 4.78 is 5.24. The van der Waals surface area contributed by atoms with Crippen LogP contribution in [0, 0.1) is 31.6 Å². The van der Waals surface area contributed by atoms with Crippen LogP contribution >= 0.6 is 0 Å². The molecule has 0 bridgehead atoms. The lowest BCUT2D eigenvalue weighted by molar-refractivity contribution is -0.119. The highest BCUT2D eigenvalue weighted by Gasteiger charge is 2.47. The Kier molecular flexibility index (Phi) is 5.35. The largest absolute Gasteiger partial charge is 0.361 e. The number of hydrogen-bond donors (Lipinski definition) is 2. The molecule has 1 heterocycles. The molecule has 2 aliphatic carbocycles. The van der Waals surface area contributed by atoms with Gasteiger partial charge in [-0.25, -0.2) is 0 Å². The van der Waals surface area contributed by atoms with Crippen molar-refractivity contribution in [2.24, 2.45) is 17.8 Å².